The van der Waals surface area contributed by atoms with Crippen LogP contribution in [0, 0.1) is 6.92 Å². The quantitative estimate of drug-likeness (QED) is 0.693. The van der Waals surface area contributed by atoms with Gasteiger partial charge in [-0.1, -0.05) is 39.8 Å². The van der Waals surface area contributed by atoms with Crippen LogP contribution in [0.3, 0.4) is 0 Å². The predicted octanol–water partition coefficient (Wildman–Crippen LogP) is 6.20. The number of fused-ring (bicyclic) bond motifs is 1. The Morgan fingerprint density at radius 1 is 1.04 bits per heavy atom. The predicted molar refractivity (Wildman–Crippen MR) is 112 cm³/mol. The molecule has 0 atom stereocenters. The third kappa shape index (κ3) is 2.90. The molecule has 1 fully saturated rings. The maximum Gasteiger partial charge on any atom is 0.0991 e. The van der Waals surface area contributed by atoms with Crippen molar-refractivity contribution in [3.05, 3.63) is 45.8 Å². The Kier molecular flexibility index (Phi) is 4.24. The van der Waals surface area contributed by atoms with Crippen LogP contribution < -0.4 is 4.90 Å². The zero-order valence-electron chi connectivity index (χ0n) is 16.7. The molecule has 2 aliphatic carbocycles. The van der Waals surface area contributed by atoms with Crippen LogP contribution in [-0.4, -0.2) is 11.1 Å². The Hall–Kier alpha value is -1.32. The molecule has 1 heterocycles. The van der Waals surface area contributed by atoms with Crippen molar-refractivity contribution in [3.8, 4) is 0 Å². The summed E-state index contributed by atoms with van der Waals surface area (Å²) in [6, 6.07) is 9.10. The number of hydrogen-bond acceptors (Lipinski definition) is 3. The highest BCUT2D eigenvalue weighted by Gasteiger charge is 2.43. The van der Waals surface area contributed by atoms with Gasteiger partial charge in [-0.05, 0) is 72.3 Å². The van der Waals surface area contributed by atoms with Crippen molar-refractivity contribution >= 4 is 22.0 Å². The minimum absolute atomic E-state index is 0.110. The van der Waals surface area contributed by atoms with Gasteiger partial charge in [0.1, 0.15) is 0 Å². The molecule has 2 nitrogen and oxygen atoms in total. The molecule has 1 aromatic heterocycles. The van der Waals surface area contributed by atoms with Gasteiger partial charge in [0.05, 0.1) is 11.6 Å². The largest absolute Gasteiger partial charge is 0.392 e. The third-order valence-corrected chi connectivity index (χ3v) is 7.97. The normalized spacial score (nSPS) is 20.7. The Labute approximate surface area is 161 Å². The van der Waals surface area contributed by atoms with Gasteiger partial charge in [0.25, 0.3) is 0 Å². The van der Waals surface area contributed by atoms with E-state index in [0.29, 0.717) is 6.04 Å². The lowest BCUT2D eigenvalue weighted by Crippen LogP contribution is -2.32. The molecule has 26 heavy (non-hydrogen) atoms. The number of aliphatic hydroxyl groups is 1. The summed E-state index contributed by atoms with van der Waals surface area (Å²) in [6.45, 7) is 12.1. The van der Waals surface area contributed by atoms with E-state index >= 15 is 0 Å². The molecule has 0 bridgehead atoms. The molecule has 1 saturated carbocycles. The van der Waals surface area contributed by atoms with E-state index in [0.717, 1.165) is 5.56 Å². The van der Waals surface area contributed by atoms with E-state index in [-0.39, 0.29) is 17.4 Å². The molecule has 2 aromatic rings. The van der Waals surface area contributed by atoms with E-state index in [1.54, 1.807) is 10.4 Å². The molecule has 0 amide bonds. The Morgan fingerprint density at radius 2 is 1.65 bits per heavy atom. The second-order valence-corrected chi connectivity index (χ2v) is 10.4. The van der Waals surface area contributed by atoms with Crippen LogP contribution in [0.25, 0.3) is 0 Å². The summed E-state index contributed by atoms with van der Waals surface area (Å²) >= 11 is 2.03. The second kappa shape index (κ2) is 6.10. The Morgan fingerprint density at radius 3 is 2.19 bits per heavy atom. The SMILES string of the molecule is Cc1c(N(c2ccc(CO)cc2)C2CC2)sc2c1C(C)(C)CCC2(C)C. The van der Waals surface area contributed by atoms with Crippen LogP contribution in [0.5, 0.6) is 0 Å². The lowest BCUT2D eigenvalue weighted by molar-refractivity contribution is 0.282. The van der Waals surface area contributed by atoms with Gasteiger partial charge in [-0.15, -0.1) is 11.3 Å². The lowest BCUT2D eigenvalue weighted by atomic mass is 9.66. The number of nitrogens with zero attached hydrogens (tertiary/aromatic N) is 1. The number of thiophene rings is 1. The van der Waals surface area contributed by atoms with Crippen LogP contribution in [0.1, 0.15) is 74.9 Å². The molecule has 0 saturated heterocycles. The number of benzene rings is 1. The van der Waals surface area contributed by atoms with Crippen LogP contribution in [0.2, 0.25) is 0 Å². The summed E-state index contributed by atoms with van der Waals surface area (Å²) in [5, 5.41) is 10.8. The second-order valence-electron chi connectivity index (χ2n) is 9.43. The molecule has 1 N–H and O–H groups in total. The number of aliphatic hydroxyl groups excluding tert-OH is 1. The fourth-order valence-electron chi connectivity index (χ4n) is 4.47. The summed E-state index contributed by atoms with van der Waals surface area (Å²) in [6.07, 6.45) is 5.08. The third-order valence-electron chi connectivity index (χ3n) is 6.32. The molecule has 0 radical (unpaired) electrons. The summed E-state index contributed by atoms with van der Waals surface area (Å²) in [5.74, 6) is 0. The zero-order chi connectivity index (χ0) is 18.7. The van der Waals surface area contributed by atoms with E-state index in [1.165, 1.54) is 41.9 Å². The van der Waals surface area contributed by atoms with Crippen molar-refractivity contribution < 1.29 is 5.11 Å². The minimum Gasteiger partial charge on any atom is -0.392 e. The van der Waals surface area contributed by atoms with Crippen molar-refractivity contribution in [2.75, 3.05) is 4.90 Å². The van der Waals surface area contributed by atoms with Gasteiger partial charge in [0.15, 0.2) is 0 Å². The summed E-state index contributed by atoms with van der Waals surface area (Å²) < 4.78 is 0. The van der Waals surface area contributed by atoms with Crippen LogP contribution in [-0.2, 0) is 17.4 Å². The first-order valence-electron chi connectivity index (χ1n) is 9.88. The smallest absolute Gasteiger partial charge is 0.0991 e. The van der Waals surface area contributed by atoms with Crippen LogP contribution >= 0.6 is 11.3 Å². The standard InChI is InChI=1S/C23H31NOS/c1-15-19-20(23(4,5)13-12-22(19,2)3)26-21(15)24(18-10-11-18)17-8-6-16(14-25)7-9-17/h6-9,18,25H,10-14H2,1-5H3. The summed E-state index contributed by atoms with van der Waals surface area (Å²) in [4.78, 5) is 4.17. The lowest BCUT2D eigenvalue weighted by Gasteiger charge is -2.39. The summed E-state index contributed by atoms with van der Waals surface area (Å²) in [5.41, 5.74) is 5.87. The number of anilines is 2. The zero-order valence-corrected chi connectivity index (χ0v) is 17.5. The molecular weight excluding hydrogens is 338 g/mol. The van der Waals surface area contributed by atoms with E-state index < -0.39 is 0 Å². The molecule has 2 aliphatic rings. The topological polar surface area (TPSA) is 23.5 Å². The van der Waals surface area contributed by atoms with Crippen molar-refractivity contribution in [3.63, 3.8) is 0 Å². The van der Waals surface area contributed by atoms with Crippen molar-refractivity contribution in [1.82, 2.24) is 0 Å². The van der Waals surface area contributed by atoms with Gasteiger partial charge in [-0.2, -0.15) is 0 Å². The average Bonchev–Trinajstić information content (AvgIpc) is 3.36. The molecule has 0 aliphatic heterocycles. The highest BCUT2D eigenvalue weighted by atomic mass is 32.1. The fraction of sp³-hybridized carbons (Fsp3) is 0.565. The first-order chi connectivity index (χ1) is 12.2. The Balaban J connectivity index is 1.84. The molecule has 1 aromatic carbocycles. The maximum atomic E-state index is 9.36. The van der Waals surface area contributed by atoms with E-state index in [9.17, 15) is 5.11 Å². The van der Waals surface area contributed by atoms with Crippen molar-refractivity contribution in [1.29, 1.82) is 0 Å². The molecular formula is C23H31NOS. The first kappa shape index (κ1) is 18.1. The maximum absolute atomic E-state index is 9.36. The molecule has 4 rings (SSSR count). The van der Waals surface area contributed by atoms with Crippen LogP contribution in [0.15, 0.2) is 24.3 Å². The van der Waals surface area contributed by atoms with Crippen molar-refractivity contribution in [2.24, 2.45) is 0 Å². The summed E-state index contributed by atoms with van der Waals surface area (Å²) in [7, 11) is 0. The minimum atomic E-state index is 0.110. The van der Waals surface area contributed by atoms with Crippen LogP contribution in [0.4, 0.5) is 10.7 Å². The van der Waals surface area contributed by atoms with Gasteiger partial charge in [-0.25, -0.2) is 0 Å². The van der Waals surface area contributed by atoms with E-state index in [2.05, 4.69) is 63.8 Å². The molecule has 0 unspecified atom stereocenters. The number of rotatable bonds is 4. The van der Waals surface area contributed by atoms with Gasteiger partial charge < -0.3 is 10.0 Å². The van der Waals surface area contributed by atoms with Gasteiger partial charge in [0.2, 0.25) is 0 Å². The molecule has 3 heteroatoms. The van der Waals surface area contributed by atoms with Gasteiger partial charge in [-0.3, -0.25) is 0 Å². The molecule has 140 valence electrons. The van der Waals surface area contributed by atoms with Gasteiger partial charge >= 0.3 is 0 Å². The van der Waals surface area contributed by atoms with Crippen molar-refractivity contribution in [2.45, 2.75) is 83.8 Å². The average molecular weight is 370 g/mol. The fourth-order valence-corrected chi connectivity index (χ4v) is 6.19. The van der Waals surface area contributed by atoms with E-state index in [1.807, 2.05) is 11.3 Å². The highest BCUT2D eigenvalue weighted by molar-refractivity contribution is 7.16. The van der Waals surface area contributed by atoms with E-state index in [4.69, 9.17) is 0 Å². The first-order valence-corrected chi connectivity index (χ1v) is 10.7. The molecule has 0 spiro atoms. The monoisotopic (exact) mass is 369 g/mol. The Bertz CT molecular complexity index is 811. The number of hydrogen-bond donors (Lipinski definition) is 1. The van der Waals surface area contributed by atoms with Gasteiger partial charge in [0, 0.05) is 16.6 Å². The highest BCUT2D eigenvalue weighted by Crippen LogP contribution is 2.55.